The number of hydrogen-bond acceptors (Lipinski definition) is 5. The smallest absolute Gasteiger partial charge is 0.238 e. The molecule has 0 radical (unpaired) electrons. The lowest BCUT2D eigenvalue weighted by Gasteiger charge is -2.11. The Morgan fingerprint density at radius 2 is 2.04 bits per heavy atom. The molecular weight excluding hydrogens is 350 g/mol. The number of benzene rings is 1. The minimum absolute atomic E-state index is 0.136. The summed E-state index contributed by atoms with van der Waals surface area (Å²) in [5.74, 6) is 0.648. The molecule has 0 saturated heterocycles. The maximum Gasteiger partial charge on any atom is 0.238 e. The fourth-order valence-corrected chi connectivity index (χ4v) is 2.80. The van der Waals surface area contributed by atoms with E-state index in [1.54, 1.807) is 32.0 Å². The van der Waals surface area contributed by atoms with Gasteiger partial charge in [-0.1, -0.05) is 22.8 Å². The topological polar surface area (TPSA) is 84.2 Å². The zero-order chi connectivity index (χ0) is 17.7. The van der Waals surface area contributed by atoms with Crippen LogP contribution in [-0.4, -0.2) is 28.0 Å². The quantitative estimate of drug-likeness (QED) is 0.814. The molecule has 0 fully saturated rings. The van der Waals surface area contributed by atoms with Gasteiger partial charge < -0.3 is 15.2 Å². The van der Waals surface area contributed by atoms with Gasteiger partial charge in [-0.2, -0.15) is 0 Å². The number of hydrogen-bond donors (Lipinski definition) is 2. The van der Waals surface area contributed by atoms with Crippen molar-refractivity contribution in [3.63, 3.8) is 0 Å². The average Bonchev–Trinajstić information content (AvgIpc) is 2.92. The van der Waals surface area contributed by atoms with Crippen molar-refractivity contribution in [2.45, 2.75) is 26.0 Å². The standard InChI is InChI=1S/C16H18ClN3O3S/c1-9-4-5-13(12(17)6-9)18-15(21)8-24-11(3)16(22)19-14-7-10(2)23-20-14/h4-7,11H,8H2,1-3H3,(H,18,21)(H,19,20,22). The van der Waals surface area contributed by atoms with E-state index in [2.05, 4.69) is 15.8 Å². The molecule has 2 rings (SSSR count). The number of thioether (sulfide) groups is 1. The Morgan fingerprint density at radius 1 is 1.29 bits per heavy atom. The first-order valence-corrected chi connectivity index (χ1v) is 8.69. The predicted molar refractivity (Wildman–Crippen MR) is 96.6 cm³/mol. The number of anilines is 2. The van der Waals surface area contributed by atoms with Crippen molar-refractivity contribution in [2.75, 3.05) is 16.4 Å². The summed E-state index contributed by atoms with van der Waals surface area (Å²) in [4.78, 5) is 24.0. The molecule has 2 N–H and O–H groups in total. The summed E-state index contributed by atoms with van der Waals surface area (Å²) in [7, 11) is 0. The van der Waals surface area contributed by atoms with Gasteiger partial charge in [0.15, 0.2) is 5.82 Å². The lowest BCUT2D eigenvalue weighted by molar-refractivity contribution is -0.115. The average molecular weight is 368 g/mol. The number of aromatic nitrogens is 1. The van der Waals surface area contributed by atoms with Crippen molar-refractivity contribution < 1.29 is 14.1 Å². The molecule has 6 nitrogen and oxygen atoms in total. The molecule has 0 saturated carbocycles. The first kappa shape index (κ1) is 18.4. The Labute approximate surface area is 149 Å². The van der Waals surface area contributed by atoms with Crippen LogP contribution >= 0.6 is 23.4 Å². The van der Waals surface area contributed by atoms with Gasteiger partial charge in [0, 0.05) is 6.07 Å². The van der Waals surface area contributed by atoms with E-state index in [9.17, 15) is 9.59 Å². The zero-order valence-electron chi connectivity index (χ0n) is 13.6. The molecule has 0 bridgehead atoms. The normalized spacial score (nSPS) is 11.8. The zero-order valence-corrected chi connectivity index (χ0v) is 15.1. The number of rotatable bonds is 6. The van der Waals surface area contributed by atoms with Crippen LogP contribution in [0.2, 0.25) is 5.02 Å². The van der Waals surface area contributed by atoms with Crippen molar-refractivity contribution in [1.29, 1.82) is 0 Å². The van der Waals surface area contributed by atoms with E-state index < -0.39 is 5.25 Å². The van der Waals surface area contributed by atoms with Gasteiger partial charge in [0.25, 0.3) is 0 Å². The first-order valence-electron chi connectivity index (χ1n) is 7.27. The molecule has 0 aliphatic carbocycles. The molecule has 0 aliphatic rings. The van der Waals surface area contributed by atoms with Crippen LogP contribution in [0, 0.1) is 13.8 Å². The Morgan fingerprint density at radius 3 is 2.67 bits per heavy atom. The molecule has 128 valence electrons. The largest absolute Gasteiger partial charge is 0.360 e. The third-order valence-electron chi connectivity index (χ3n) is 3.11. The summed E-state index contributed by atoms with van der Waals surface area (Å²) in [5.41, 5.74) is 1.57. The van der Waals surface area contributed by atoms with Crippen LogP contribution in [-0.2, 0) is 9.59 Å². The molecule has 2 aromatic rings. The third kappa shape index (κ3) is 5.28. The van der Waals surface area contributed by atoms with E-state index >= 15 is 0 Å². The second-order valence-corrected chi connectivity index (χ2v) is 7.03. The summed E-state index contributed by atoms with van der Waals surface area (Å²) in [6, 6.07) is 7.02. The van der Waals surface area contributed by atoms with E-state index in [1.165, 1.54) is 11.8 Å². The number of nitrogens with one attached hydrogen (secondary N) is 2. The Hall–Kier alpha value is -1.99. The van der Waals surface area contributed by atoms with Crippen LogP contribution in [0.1, 0.15) is 18.2 Å². The van der Waals surface area contributed by atoms with Gasteiger partial charge in [-0.05, 0) is 38.5 Å². The summed E-state index contributed by atoms with van der Waals surface area (Å²) in [6.45, 7) is 5.38. The molecule has 1 aromatic heterocycles. The number of carbonyl (C=O) groups is 2. The minimum Gasteiger partial charge on any atom is -0.360 e. The van der Waals surface area contributed by atoms with Gasteiger partial charge in [-0.25, -0.2) is 0 Å². The predicted octanol–water partition coefficient (Wildman–Crippen LogP) is 3.64. The fraction of sp³-hybridized carbons (Fsp3) is 0.312. The molecule has 0 spiro atoms. The summed E-state index contributed by atoms with van der Waals surface area (Å²) >= 11 is 7.30. The number of nitrogens with zero attached hydrogens (tertiary/aromatic N) is 1. The van der Waals surface area contributed by atoms with Crippen molar-refractivity contribution >= 4 is 46.7 Å². The Balaban J connectivity index is 1.81. The van der Waals surface area contributed by atoms with Gasteiger partial charge in [-0.15, -0.1) is 11.8 Å². The number of halogens is 1. The lowest BCUT2D eigenvalue weighted by atomic mass is 10.2. The monoisotopic (exact) mass is 367 g/mol. The molecule has 0 aliphatic heterocycles. The van der Waals surface area contributed by atoms with Gasteiger partial charge in [0.1, 0.15) is 5.76 Å². The van der Waals surface area contributed by atoms with Crippen LogP contribution < -0.4 is 10.6 Å². The fourth-order valence-electron chi connectivity index (χ4n) is 1.84. The van der Waals surface area contributed by atoms with E-state index in [-0.39, 0.29) is 17.6 Å². The Kier molecular flexibility index (Phi) is 6.28. The summed E-state index contributed by atoms with van der Waals surface area (Å²) in [5, 5.41) is 9.13. The molecular formula is C16H18ClN3O3S. The summed E-state index contributed by atoms with van der Waals surface area (Å²) < 4.78 is 4.88. The van der Waals surface area contributed by atoms with Gasteiger partial charge >= 0.3 is 0 Å². The summed E-state index contributed by atoms with van der Waals surface area (Å²) in [6.07, 6.45) is 0. The second-order valence-electron chi connectivity index (χ2n) is 5.30. The van der Waals surface area contributed by atoms with Crippen molar-refractivity contribution in [2.24, 2.45) is 0 Å². The van der Waals surface area contributed by atoms with E-state index in [1.807, 2.05) is 13.0 Å². The van der Waals surface area contributed by atoms with Crippen molar-refractivity contribution in [1.82, 2.24) is 5.16 Å². The number of aryl methyl sites for hydroxylation is 2. The molecule has 1 heterocycles. The highest BCUT2D eigenvalue weighted by Gasteiger charge is 2.17. The second kappa shape index (κ2) is 8.21. The van der Waals surface area contributed by atoms with Gasteiger partial charge in [0.05, 0.1) is 21.7 Å². The first-order chi connectivity index (χ1) is 11.3. The third-order valence-corrected chi connectivity index (χ3v) is 4.57. The Bertz CT molecular complexity index is 748. The van der Waals surface area contributed by atoms with Crippen molar-refractivity contribution in [3.05, 3.63) is 40.6 Å². The van der Waals surface area contributed by atoms with Crippen LogP contribution in [0.4, 0.5) is 11.5 Å². The van der Waals surface area contributed by atoms with E-state index in [0.717, 1.165) is 5.56 Å². The molecule has 1 atom stereocenters. The number of carbonyl (C=O) groups excluding carboxylic acids is 2. The van der Waals surface area contributed by atoms with Crippen LogP contribution in [0.5, 0.6) is 0 Å². The van der Waals surface area contributed by atoms with Crippen molar-refractivity contribution in [3.8, 4) is 0 Å². The number of amides is 2. The molecule has 1 unspecified atom stereocenters. The molecule has 2 amide bonds. The van der Waals surface area contributed by atoms with E-state index in [4.69, 9.17) is 16.1 Å². The maximum absolute atomic E-state index is 12.0. The van der Waals surface area contributed by atoms with Gasteiger partial charge in [-0.3, -0.25) is 9.59 Å². The SMILES string of the molecule is Cc1ccc(NC(=O)CSC(C)C(=O)Nc2cc(C)on2)c(Cl)c1. The molecule has 1 aromatic carbocycles. The van der Waals surface area contributed by atoms with Crippen LogP contribution in [0.25, 0.3) is 0 Å². The van der Waals surface area contributed by atoms with Crippen LogP contribution in [0.3, 0.4) is 0 Å². The maximum atomic E-state index is 12.0. The van der Waals surface area contributed by atoms with E-state index in [0.29, 0.717) is 22.3 Å². The highest BCUT2D eigenvalue weighted by Crippen LogP contribution is 2.23. The highest BCUT2D eigenvalue weighted by atomic mass is 35.5. The minimum atomic E-state index is -0.416. The van der Waals surface area contributed by atoms with Gasteiger partial charge in [0.2, 0.25) is 11.8 Å². The highest BCUT2D eigenvalue weighted by molar-refractivity contribution is 8.01. The van der Waals surface area contributed by atoms with Crippen LogP contribution in [0.15, 0.2) is 28.8 Å². The molecule has 24 heavy (non-hydrogen) atoms. The molecule has 8 heteroatoms. The lowest BCUT2D eigenvalue weighted by Crippen LogP contribution is -2.25.